The number of thioether (sulfide) groups is 1. The summed E-state index contributed by atoms with van der Waals surface area (Å²) in [5, 5.41) is 13.4. The third-order valence-electron chi connectivity index (χ3n) is 2.25. The Balaban J connectivity index is 3.20. The number of nitrogens with one attached hydrogen (secondary N) is 1. The van der Waals surface area contributed by atoms with Crippen molar-refractivity contribution >= 4 is 11.8 Å². The molecule has 0 spiro atoms. The summed E-state index contributed by atoms with van der Waals surface area (Å²) in [6, 6.07) is 0. The lowest BCUT2D eigenvalue weighted by atomic mass is 10.3. The summed E-state index contributed by atoms with van der Waals surface area (Å²) >= 11 is 1.86. The minimum atomic E-state index is -0.429. The third kappa shape index (κ3) is 10.7. The van der Waals surface area contributed by atoms with Crippen LogP contribution in [0.4, 0.5) is 0 Å². The molecular weight excluding hydrogens is 226 g/mol. The summed E-state index contributed by atoms with van der Waals surface area (Å²) in [6.45, 7) is 5.22. The maximum atomic E-state index is 9.54. The molecule has 2 unspecified atom stereocenters. The summed E-state index contributed by atoms with van der Waals surface area (Å²) in [7, 11) is 1.63. The molecule has 0 aromatic heterocycles. The Hall–Kier alpha value is 0.190. The minimum Gasteiger partial charge on any atom is -0.389 e. The van der Waals surface area contributed by atoms with Crippen molar-refractivity contribution < 1.29 is 14.6 Å². The van der Waals surface area contributed by atoms with E-state index in [0.717, 1.165) is 13.0 Å². The topological polar surface area (TPSA) is 50.7 Å². The van der Waals surface area contributed by atoms with E-state index in [0.29, 0.717) is 31.6 Å². The van der Waals surface area contributed by atoms with Crippen molar-refractivity contribution in [1.82, 2.24) is 5.32 Å². The van der Waals surface area contributed by atoms with Crippen molar-refractivity contribution in [3.63, 3.8) is 0 Å². The standard InChI is InChI=1S/C11H25NO3S/c1-10(16-3)4-5-12-8-11(13)9-15-7-6-14-2/h10-13H,4-9H2,1-3H3. The third-order valence-corrected chi connectivity index (χ3v) is 3.29. The molecule has 0 aliphatic rings. The first-order valence-corrected chi connectivity index (χ1v) is 6.97. The number of ether oxygens (including phenoxy) is 2. The van der Waals surface area contributed by atoms with Gasteiger partial charge in [0.15, 0.2) is 0 Å². The average molecular weight is 251 g/mol. The smallest absolute Gasteiger partial charge is 0.0897 e. The van der Waals surface area contributed by atoms with Crippen LogP contribution in [0.2, 0.25) is 0 Å². The lowest BCUT2D eigenvalue weighted by Gasteiger charge is -2.13. The second-order valence-corrected chi connectivity index (χ2v) is 5.04. The number of methoxy groups -OCH3 is 1. The maximum Gasteiger partial charge on any atom is 0.0897 e. The number of aliphatic hydroxyl groups excluding tert-OH is 1. The van der Waals surface area contributed by atoms with E-state index >= 15 is 0 Å². The van der Waals surface area contributed by atoms with Crippen LogP contribution in [-0.2, 0) is 9.47 Å². The van der Waals surface area contributed by atoms with Gasteiger partial charge < -0.3 is 19.9 Å². The zero-order valence-electron chi connectivity index (χ0n) is 10.6. The summed E-state index contributed by atoms with van der Waals surface area (Å²) in [6.07, 6.45) is 2.81. The largest absolute Gasteiger partial charge is 0.389 e. The highest BCUT2D eigenvalue weighted by atomic mass is 32.2. The lowest BCUT2D eigenvalue weighted by molar-refractivity contribution is 0.0139. The van der Waals surface area contributed by atoms with Gasteiger partial charge >= 0.3 is 0 Å². The van der Waals surface area contributed by atoms with E-state index < -0.39 is 6.10 Å². The Bertz CT molecular complexity index is 149. The van der Waals surface area contributed by atoms with Crippen molar-refractivity contribution in [3.8, 4) is 0 Å². The molecule has 0 saturated carbocycles. The van der Waals surface area contributed by atoms with Crippen LogP contribution < -0.4 is 5.32 Å². The van der Waals surface area contributed by atoms with Gasteiger partial charge in [-0.3, -0.25) is 0 Å². The van der Waals surface area contributed by atoms with Crippen LogP contribution in [0, 0.1) is 0 Å². The maximum absolute atomic E-state index is 9.54. The molecule has 0 aliphatic heterocycles. The monoisotopic (exact) mass is 251 g/mol. The van der Waals surface area contributed by atoms with Crippen LogP contribution >= 0.6 is 11.8 Å². The predicted molar refractivity (Wildman–Crippen MR) is 69.2 cm³/mol. The zero-order valence-corrected chi connectivity index (χ0v) is 11.4. The quantitative estimate of drug-likeness (QED) is 0.531. The molecule has 0 saturated heterocycles. The fourth-order valence-electron chi connectivity index (χ4n) is 1.11. The first-order chi connectivity index (χ1) is 7.70. The molecule has 5 heteroatoms. The summed E-state index contributed by atoms with van der Waals surface area (Å²) in [5.74, 6) is 0. The molecule has 0 heterocycles. The van der Waals surface area contributed by atoms with Crippen LogP contribution in [0.5, 0.6) is 0 Å². The molecule has 0 aromatic rings. The van der Waals surface area contributed by atoms with Gasteiger partial charge in [-0.2, -0.15) is 11.8 Å². The highest BCUT2D eigenvalue weighted by Gasteiger charge is 2.04. The highest BCUT2D eigenvalue weighted by molar-refractivity contribution is 7.99. The number of hydrogen-bond donors (Lipinski definition) is 2. The molecule has 2 atom stereocenters. The minimum absolute atomic E-state index is 0.369. The summed E-state index contributed by atoms with van der Waals surface area (Å²) < 4.78 is 10.1. The second kappa shape index (κ2) is 11.7. The first-order valence-electron chi connectivity index (χ1n) is 5.69. The van der Waals surface area contributed by atoms with Crippen LogP contribution in [-0.4, -0.2) is 62.7 Å². The van der Waals surface area contributed by atoms with E-state index in [-0.39, 0.29) is 0 Å². The van der Waals surface area contributed by atoms with Crippen LogP contribution in [0.1, 0.15) is 13.3 Å². The van der Waals surface area contributed by atoms with Gasteiger partial charge in [0.2, 0.25) is 0 Å². The van der Waals surface area contributed by atoms with E-state index in [1.807, 2.05) is 11.8 Å². The van der Waals surface area contributed by atoms with Gasteiger partial charge in [0.05, 0.1) is 25.9 Å². The van der Waals surface area contributed by atoms with Gasteiger partial charge in [0.1, 0.15) is 0 Å². The predicted octanol–water partition coefficient (Wildman–Crippen LogP) is 0.742. The Labute approximate surface area is 103 Å². The molecule has 0 fully saturated rings. The highest BCUT2D eigenvalue weighted by Crippen LogP contribution is 2.07. The van der Waals surface area contributed by atoms with Gasteiger partial charge in [-0.25, -0.2) is 0 Å². The van der Waals surface area contributed by atoms with Gasteiger partial charge in [-0.1, -0.05) is 6.92 Å². The van der Waals surface area contributed by atoms with Crippen LogP contribution in [0.3, 0.4) is 0 Å². The van der Waals surface area contributed by atoms with Crippen molar-refractivity contribution in [1.29, 1.82) is 0 Å². The Kier molecular flexibility index (Phi) is 11.8. The average Bonchev–Trinajstić information content (AvgIpc) is 2.30. The molecule has 2 N–H and O–H groups in total. The number of hydrogen-bond acceptors (Lipinski definition) is 5. The van der Waals surface area contributed by atoms with E-state index in [9.17, 15) is 5.11 Å². The molecule has 0 radical (unpaired) electrons. The molecule has 16 heavy (non-hydrogen) atoms. The Morgan fingerprint density at radius 3 is 2.75 bits per heavy atom. The van der Waals surface area contributed by atoms with Crippen LogP contribution in [0.15, 0.2) is 0 Å². The van der Waals surface area contributed by atoms with Crippen molar-refractivity contribution in [3.05, 3.63) is 0 Å². The second-order valence-electron chi connectivity index (χ2n) is 3.76. The van der Waals surface area contributed by atoms with E-state index in [2.05, 4.69) is 18.5 Å². The molecule has 0 aliphatic carbocycles. The van der Waals surface area contributed by atoms with E-state index in [4.69, 9.17) is 9.47 Å². The molecule has 0 amide bonds. The Morgan fingerprint density at radius 1 is 1.38 bits per heavy atom. The fourth-order valence-corrected chi connectivity index (χ4v) is 1.47. The molecule has 98 valence electrons. The summed E-state index contributed by atoms with van der Waals surface area (Å²) in [4.78, 5) is 0. The zero-order chi connectivity index (χ0) is 12.2. The van der Waals surface area contributed by atoms with Crippen LogP contribution in [0.25, 0.3) is 0 Å². The first kappa shape index (κ1) is 16.2. The van der Waals surface area contributed by atoms with Crippen molar-refractivity contribution in [2.24, 2.45) is 0 Å². The molecular formula is C11H25NO3S. The normalized spacial score (nSPS) is 15.0. The van der Waals surface area contributed by atoms with E-state index in [1.165, 1.54) is 0 Å². The van der Waals surface area contributed by atoms with Crippen molar-refractivity contribution in [2.75, 3.05) is 46.3 Å². The Morgan fingerprint density at radius 2 is 2.12 bits per heavy atom. The molecule has 4 nitrogen and oxygen atoms in total. The molecule has 0 aromatic carbocycles. The summed E-state index contributed by atoms with van der Waals surface area (Å²) in [5.41, 5.74) is 0. The van der Waals surface area contributed by atoms with E-state index in [1.54, 1.807) is 7.11 Å². The lowest BCUT2D eigenvalue weighted by Crippen LogP contribution is -2.32. The van der Waals surface area contributed by atoms with Gasteiger partial charge in [-0.05, 0) is 19.2 Å². The molecule has 0 bridgehead atoms. The fraction of sp³-hybridized carbons (Fsp3) is 1.00. The number of rotatable bonds is 11. The van der Waals surface area contributed by atoms with Gasteiger partial charge in [0.25, 0.3) is 0 Å². The number of aliphatic hydroxyl groups is 1. The van der Waals surface area contributed by atoms with Gasteiger partial charge in [0, 0.05) is 18.9 Å². The molecule has 0 rings (SSSR count). The van der Waals surface area contributed by atoms with Crippen molar-refractivity contribution in [2.45, 2.75) is 24.7 Å². The SMILES string of the molecule is COCCOCC(O)CNCCC(C)SC. The van der Waals surface area contributed by atoms with Gasteiger partial charge in [-0.15, -0.1) is 0 Å².